The molecule has 0 bridgehead atoms. The van der Waals surface area contributed by atoms with Crippen LogP contribution in [-0.4, -0.2) is 47.5 Å². The Bertz CT molecular complexity index is 866. The van der Waals surface area contributed by atoms with Gasteiger partial charge in [0.2, 0.25) is 0 Å². The van der Waals surface area contributed by atoms with Crippen LogP contribution in [0.5, 0.6) is 0 Å². The van der Waals surface area contributed by atoms with Gasteiger partial charge < -0.3 is 10.3 Å². The lowest BCUT2D eigenvalue weighted by molar-refractivity contribution is 0.0856. The SMILES string of the molecule is CNC(=O)c1ccc(CN(C)[C@H](C)C(=O)c2[nH]c(C)c(C(C)=O)c2C)cc1. The third-order valence-electron chi connectivity index (χ3n) is 4.95. The molecule has 0 radical (unpaired) electrons. The van der Waals surface area contributed by atoms with Gasteiger partial charge >= 0.3 is 0 Å². The minimum atomic E-state index is -0.361. The fourth-order valence-electron chi connectivity index (χ4n) is 3.26. The number of aryl methyl sites for hydroxylation is 1. The summed E-state index contributed by atoms with van der Waals surface area (Å²) in [5.74, 6) is -0.220. The third-order valence-corrected chi connectivity index (χ3v) is 4.95. The highest BCUT2D eigenvalue weighted by atomic mass is 16.1. The maximum absolute atomic E-state index is 12.9. The van der Waals surface area contributed by atoms with E-state index in [1.807, 2.05) is 37.9 Å². The van der Waals surface area contributed by atoms with Gasteiger partial charge in [0.15, 0.2) is 11.6 Å². The van der Waals surface area contributed by atoms with E-state index in [-0.39, 0.29) is 23.5 Å². The second-order valence-corrected chi connectivity index (χ2v) is 6.91. The standard InChI is InChI=1S/C21H27N3O3/c1-12-18(15(4)25)13(2)23-19(12)20(26)14(3)24(6)11-16-7-9-17(10-8-16)21(27)22-5/h7-10,14,23H,11H2,1-6H3,(H,22,27)/t14-/m1/s1. The zero-order valence-electron chi connectivity index (χ0n) is 16.8. The molecule has 0 unspecified atom stereocenters. The van der Waals surface area contributed by atoms with Gasteiger partial charge in [-0.3, -0.25) is 19.3 Å². The molecule has 0 aliphatic carbocycles. The first-order valence-corrected chi connectivity index (χ1v) is 8.92. The number of hydrogen-bond acceptors (Lipinski definition) is 4. The number of hydrogen-bond donors (Lipinski definition) is 2. The summed E-state index contributed by atoms with van der Waals surface area (Å²) in [6.07, 6.45) is 0. The summed E-state index contributed by atoms with van der Waals surface area (Å²) in [5, 5.41) is 2.59. The van der Waals surface area contributed by atoms with Crippen LogP contribution in [0.2, 0.25) is 0 Å². The van der Waals surface area contributed by atoms with Gasteiger partial charge in [-0.2, -0.15) is 0 Å². The topological polar surface area (TPSA) is 82.3 Å². The largest absolute Gasteiger partial charge is 0.355 e. The normalized spacial score (nSPS) is 12.1. The van der Waals surface area contributed by atoms with Crippen molar-refractivity contribution in [2.45, 2.75) is 40.3 Å². The Balaban J connectivity index is 2.14. The molecule has 2 N–H and O–H groups in total. The number of nitrogens with one attached hydrogen (secondary N) is 2. The first-order chi connectivity index (χ1) is 12.7. The summed E-state index contributed by atoms with van der Waals surface area (Å²) in [6, 6.07) is 6.95. The van der Waals surface area contributed by atoms with Crippen molar-refractivity contribution < 1.29 is 14.4 Å². The average molecular weight is 369 g/mol. The van der Waals surface area contributed by atoms with Gasteiger partial charge in [0.05, 0.1) is 11.7 Å². The summed E-state index contributed by atoms with van der Waals surface area (Å²) in [6.45, 7) is 7.54. The quantitative estimate of drug-likeness (QED) is 0.735. The molecule has 1 heterocycles. The number of nitrogens with zero attached hydrogens (tertiary/aromatic N) is 1. The van der Waals surface area contributed by atoms with Crippen LogP contribution in [-0.2, 0) is 6.54 Å². The number of carbonyl (C=O) groups excluding carboxylic acids is 3. The van der Waals surface area contributed by atoms with Crippen LogP contribution in [0, 0.1) is 13.8 Å². The first-order valence-electron chi connectivity index (χ1n) is 8.92. The Labute approximate surface area is 160 Å². The number of amides is 1. The second-order valence-electron chi connectivity index (χ2n) is 6.91. The van der Waals surface area contributed by atoms with E-state index < -0.39 is 0 Å². The lowest BCUT2D eigenvalue weighted by Crippen LogP contribution is -2.36. The van der Waals surface area contributed by atoms with Crippen molar-refractivity contribution in [2.24, 2.45) is 0 Å². The van der Waals surface area contributed by atoms with Crippen LogP contribution in [0.15, 0.2) is 24.3 Å². The van der Waals surface area contributed by atoms with Crippen molar-refractivity contribution in [1.29, 1.82) is 0 Å². The predicted molar refractivity (Wildman–Crippen MR) is 105 cm³/mol. The zero-order chi connectivity index (χ0) is 20.3. The van der Waals surface area contributed by atoms with Gasteiger partial charge in [-0.1, -0.05) is 12.1 Å². The number of H-pyrrole nitrogens is 1. The molecule has 1 aromatic carbocycles. The summed E-state index contributed by atoms with van der Waals surface area (Å²) < 4.78 is 0. The number of carbonyl (C=O) groups is 3. The number of benzene rings is 1. The molecular formula is C21H27N3O3. The molecule has 0 saturated carbocycles. The Kier molecular flexibility index (Phi) is 6.33. The molecule has 0 aliphatic heterocycles. The number of aromatic nitrogens is 1. The van der Waals surface area contributed by atoms with E-state index in [0.717, 1.165) is 11.3 Å². The maximum atomic E-state index is 12.9. The molecule has 0 fully saturated rings. The summed E-state index contributed by atoms with van der Waals surface area (Å²) >= 11 is 0. The molecule has 0 spiro atoms. The highest BCUT2D eigenvalue weighted by Crippen LogP contribution is 2.21. The highest BCUT2D eigenvalue weighted by Gasteiger charge is 2.25. The molecule has 1 amide bonds. The minimum Gasteiger partial charge on any atom is -0.355 e. The van der Waals surface area contributed by atoms with Crippen molar-refractivity contribution in [3.63, 3.8) is 0 Å². The fraction of sp³-hybridized carbons (Fsp3) is 0.381. The Morgan fingerprint density at radius 3 is 2.22 bits per heavy atom. The number of ketones is 2. The molecule has 0 aliphatic rings. The fourth-order valence-corrected chi connectivity index (χ4v) is 3.26. The summed E-state index contributed by atoms with van der Waals surface area (Å²) in [5.41, 5.74) is 4.13. The molecular weight excluding hydrogens is 342 g/mol. The Morgan fingerprint density at radius 2 is 1.74 bits per heavy atom. The van der Waals surface area contributed by atoms with Crippen LogP contribution in [0.25, 0.3) is 0 Å². The van der Waals surface area contributed by atoms with E-state index in [2.05, 4.69) is 10.3 Å². The van der Waals surface area contributed by atoms with Gasteiger partial charge in [0, 0.05) is 30.4 Å². The number of rotatable bonds is 7. The molecule has 1 aromatic heterocycles. The number of Topliss-reactive ketones (excluding diaryl/α,β-unsaturated/α-hetero) is 2. The molecule has 2 rings (SSSR count). The minimum absolute atomic E-state index is 0.0440. The maximum Gasteiger partial charge on any atom is 0.251 e. The highest BCUT2D eigenvalue weighted by molar-refractivity contribution is 6.05. The van der Waals surface area contributed by atoms with E-state index in [9.17, 15) is 14.4 Å². The van der Waals surface area contributed by atoms with E-state index in [4.69, 9.17) is 0 Å². The Hall–Kier alpha value is -2.73. The van der Waals surface area contributed by atoms with Gasteiger partial charge in [-0.25, -0.2) is 0 Å². The molecule has 6 nitrogen and oxygen atoms in total. The van der Waals surface area contributed by atoms with Crippen LogP contribution in [0.4, 0.5) is 0 Å². The number of likely N-dealkylation sites (N-methyl/N-ethyl adjacent to an activating group) is 1. The lowest BCUT2D eigenvalue weighted by atomic mass is 10.0. The van der Waals surface area contributed by atoms with Gasteiger partial charge in [0.25, 0.3) is 5.91 Å². The monoisotopic (exact) mass is 369 g/mol. The predicted octanol–water partition coefficient (Wildman–Crippen LogP) is 2.90. The van der Waals surface area contributed by atoms with E-state index >= 15 is 0 Å². The summed E-state index contributed by atoms with van der Waals surface area (Å²) in [7, 11) is 3.48. The van der Waals surface area contributed by atoms with Crippen molar-refractivity contribution in [1.82, 2.24) is 15.2 Å². The van der Waals surface area contributed by atoms with Gasteiger partial charge in [-0.05, 0) is 58.0 Å². The zero-order valence-corrected chi connectivity index (χ0v) is 16.8. The lowest BCUT2D eigenvalue weighted by Gasteiger charge is -2.23. The summed E-state index contributed by atoms with van der Waals surface area (Å²) in [4.78, 5) is 41.4. The van der Waals surface area contributed by atoms with Crippen LogP contribution in [0.3, 0.4) is 0 Å². The molecule has 144 valence electrons. The number of aromatic amines is 1. The van der Waals surface area contributed by atoms with Gasteiger partial charge in [0.1, 0.15) is 0 Å². The Morgan fingerprint density at radius 1 is 1.15 bits per heavy atom. The van der Waals surface area contributed by atoms with Crippen molar-refractivity contribution >= 4 is 17.5 Å². The van der Waals surface area contributed by atoms with Crippen molar-refractivity contribution in [2.75, 3.05) is 14.1 Å². The molecule has 27 heavy (non-hydrogen) atoms. The van der Waals surface area contributed by atoms with Crippen LogP contribution >= 0.6 is 0 Å². The van der Waals surface area contributed by atoms with Crippen LogP contribution in [0.1, 0.15) is 61.9 Å². The molecule has 0 saturated heterocycles. The van der Waals surface area contributed by atoms with Crippen molar-refractivity contribution in [3.05, 3.63) is 57.9 Å². The molecule has 1 atom stereocenters. The van der Waals surface area contributed by atoms with Crippen LogP contribution < -0.4 is 5.32 Å². The smallest absolute Gasteiger partial charge is 0.251 e. The third kappa shape index (κ3) is 4.34. The van der Waals surface area contributed by atoms with E-state index in [0.29, 0.717) is 28.9 Å². The van der Waals surface area contributed by atoms with Crippen molar-refractivity contribution in [3.8, 4) is 0 Å². The average Bonchev–Trinajstić information content (AvgIpc) is 2.94. The van der Waals surface area contributed by atoms with E-state index in [1.165, 1.54) is 6.92 Å². The van der Waals surface area contributed by atoms with E-state index in [1.54, 1.807) is 26.1 Å². The molecule has 2 aromatic rings. The van der Waals surface area contributed by atoms with Gasteiger partial charge in [-0.15, -0.1) is 0 Å². The second kappa shape index (κ2) is 8.31. The molecule has 6 heteroatoms. The first kappa shape index (κ1) is 20.6.